The first-order valence-corrected chi connectivity index (χ1v) is 4.23. The molecule has 1 radical (unpaired) electrons. The van der Waals surface area contributed by atoms with E-state index in [9.17, 15) is 0 Å². The molecule has 0 heterocycles. The van der Waals surface area contributed by atoms with Crippen LogP contribution in [0.1, 0.15) is 25.7 Å². The molecule has 0 spiro atoms. The molecule has 2 atom stereocenters. The minimum absolute atomic E-state index is 0. The molecule has 0 bridgehead atoms. The summed E-state index contributed by atoms with van der Waals surface area (Å²) in [6.07, 6.45) is 5.45. The van der Waals surface area contributed by atoms with Gasteiger partial charge in [-0.1, -0.05) is 31.6 Å². The van der Waals surface area contributed by atoms with E-state index in [-0.39, 0.29) is 32.7 Å². The van der Waals surface area contributed by atoms with Crippen LogP contribution in [-0.4, -0.2) is 13.6 Å². The van der Waals surface area contributed by atoms with Gasteiger partial charge >= 0.3 is 0 Å². The minimum Gasteiger partial charge on any atom is -0.665 e. The van der Waals surface area contributed by atoms with E-state index >= 15 is 0 Å². The Kier molecular flexibility index (Phi) is 7.20. The van der Waals surface area contributed by atoms with Gasteiger partial charge in [-0.25, -0.2) is 0 Å². The maximum Gasteiger partial charge on any atom is 0 e. The van der Waals surface area contributed by atoms with Gasteiger partial charge in [0.15, 0.2) is 0 Å². The van der Waals surface area contributed by atoms with Crippen molar-refractivity contribution < 1.29 is 32.7 Å². The van der Waals surface area contributed by atoms with Gasteiger partial charge in [-0.05, 0) is 0 Å². The number of hydrogen-bond donors (Lipinski definition) is 0. The molecule has 1 aliphatic carbocycles. The first-order valence-electron chi connectivity index (χ1n) is 4.23. The van der Waals surface area contributed by atoms with E-state index in [2.05, 4.69) is 12.2 Å². The molecule has 1 rings (SSSR count). The van der Waals surface area contributed by atoms with Crippen molar-refractivity contribution in [3.63, 3.8) is 0 Å². The Labute approximate surface area is 95.6 Å². The summed E-state index contributed by atoms with van der Waals surface area (Å²) in [5, 5.41) is 4.17. The van der Waals surface area contributed by atoms with Crippen molar-refractivity contribution in [2.75, 3.05) is 13.6 Å². The second-order valence-corrected chi connectivity index (χ2v) is 3.30. The van der Waals surface area contributed by atoms with Crippen molar-refractivity contribution in [2.45, 2.75) is 25.7 Å². The Bertz CT molecular complexity index is 93.6. The Morgan fingerprint density at radius 3 is 2.55 bits per heavy atom. The van der Waals surface area contributed by atoms with E-state index in [1.807, 2.05) is 7.05 Å². The van der Waals surface area contributed by atoms with Gasteiger partial charge < -0.3 is 12.2 Å². The van der Waals surface area contributed by atoms with Crippen LogP contribution in [0, 0.1) is 18.8 Å². The summed E-state index contributed by atoms with van der Waals surface area (Å²) in [6, 6.07) is 0. The van der Waals surface area contributed by atoms with E-state index in [1.165, 1.54) is 25.7 Å². The average Bonchev–Trinajstić information content (AvgIpc) is 1.94. The maximum atomic E-state index is 4.17. The van der Waals surface area contributed by atoms with Crippen LogP contribution in [-0.2, 0) is 32.7 Å². The van der Waals surface area contributed by atoms with Crippen LogP contribution < -0.4 is 0 Å². The molecule has 1 saturated carbocycles. The topological polar surface area (TPSA) is 14.1 Å². The second kappa shape index (κ2) is 6.57. The molecule has 0 N–H and O–H groups in total. The molecular weight excluding hydrogens is 211 g/mol. The van der Waals surface area contributed by atoms with E-state index in [4.69, 9.17) is 0 Å². The van der Waals surface area contributed by atoms with E-state index in [0.717, 1.165) is 12.5 Å². The predicted molar refractivity (Wildman–Crippen MR) is 45.0 cm³/mol. The fourth-order valence-electron chi connectivity index (χ4n) is 1.76. The summed E-state index contributed by atoms with van der Waals surface area (Å²) in [6.45, 7) is 5.17. The van der Waals surface area contributed by atoms with Crippen LogP contribution >= 0.6 is 0 Å². The van der Waals surface area contributed by atoms with Gasteiger partial charge in [-0.15, -0.1) is 6.54 Å². The van der Waals surface area contributed by atoms with Crippen LogP contribution in [0.4, 0.5) is 0 Å². The van der Waals surface area contributed by atoms with Crippen LogP contribution in [0.25, 0.3) is 5.32 Å². The summed E-state index contributed by atoms with van der Waals surface area (Å²) in [4.78, 5) is 0. The van der Waals surface area contributed by atoms with Crippen LogP contribution in [0.5, 0.6) is 0 Å². The fraction of sp³-hybridized carbons (Fsp3) is 0.889. The van der Waals surface area contributed by atoms with Gasteiger partial charge in [-0.3, -0.25) is 0 Å². The third-order valence-corrected chi connectivity index (χ3v) is 2.48. The number of nitrogens with zero attached hydrogens (tertiary/aromatic N) is 1. The van der Waals surface area contributed by atoms with Gasteiger partial charge in [0.2, 0.25) is 0 Å². The first kappa shape index (κ1) is 12.1. The third-order valence-electron chi connectivity index (χ3n) is 2.48. The number of rotatable bonds is 2. The Balaban J connectivity index is 0.000001000. The molecule has 2 unspecified atom stereocenters. The largest absolute Gasteiger partial charge is 0.665 e. The SMILES string of the molecule is [CH2-]C1CCCCC1C[N-]C.[Y]. The molecule has 1 fully saturated rings. The molecule has 11 heavy (non-hydrogen) atoms. The normalized spacial score (nSPS) is 31.1. The quantitative estimate of drug-likeness (QED) is 0.645. The van der Waals surface area contributed by atoms with Crippen LogP contribution in [0.15, 0.2) is 0 Å². The molecular formula is C9H17NY-2. The van der Waals surface area contributed by atoms with Crippen LogP contribution in [0.2, 0.25) is 0 Å². The zero-order valence-corrected chi connectivity index (χ0v) is 10.3. The fourth-order valence-corrected chi connectivity index (χ4v) is 1.76. The van der Waals surface area contributed by atoms with Crippen LogP contribution in [0.3, 0.4) is 0 Å². The molecule has 2 heteroatoms. The molecule has 0 aromatic rings. The van der Waals surface area contributed by atoms with Crippen molar-refractivity contribution in [2.24, 2.45) is 11.8 Å². The summed E-state index contributed by atoms with van der Waals surface area (Å²) in [5.41, 5.74) is 0. The second-order valence-electron chi connectivity index (χ2n) is 3.30. The summed E-state index contributed by atoms with van der Waals surface area (Å²) in [7, 11) is 1.90. The zero-order chi connectivity index (χ0) is 7.40. The van der Waals surface area contributed by atoms with Crippen molar-refractivity contribution in [3.05, 3.63) is 12.2 Å². The van der Waals surface area contributed by atoms with Gasteiger partial charge in [-0.2, -0.15) is 13.0 Å². The van der Waals surface area contributed by atoms with Gasteiger partial charge in [0.25, 0.3) is 0 Å². The van der Waals surface area contributed by atoms with E-state index < -0.39 is 0 Å². The molecule has 1 aliphatic rings. The Hall–Kier alpha value is 1.06. The first-order chi connectivity index (χ1) is 4.84. The number of hydrogen-bond acceptors (Lipinski definition) is 0. The summed E-state index contributed by atoms with van der Waals surface area (Å²) < 4.78 is 0. The molecule has 0 aromatic heterocycles. The molecule has 0 aliphatic heterocycles. The molecule has 0 amide bonds. The van der Waals surface area contributed by atoms with Gasteiger partial charge in [0, 0.05) is 32.7 Å². The van der Waals surface area contributed by atoms with Gasteiger partial charge in [0.05, 0.1) is 0 Å². The monoisotopic (exact) mass is 228 g/mol. The van der Waals surface area contributed by atoms with E-state index in [0.29, 0.717) is 5.92 Å². The molecule has 1 nitrogen and oxygen atoms in total. The van der Waals surface area contributed by atoms with Crippen molar-refractivity contribution in [1.82, 2.24) is 0 Å². The molecule has 0 saturated heterocycles. The summed E-state index contributed by atoms with van der Waals surface area (Å²) >= 11 is 0. The Morgan fingerprint density at radius 2 is 2.00 bits per heavy atom. The molecule has 63 valence electrons. The third kappa shape index (κ3) is 4.01. The van der Waals surface area contributed by atoms with Crippen molar-refractivity contribution in [1.29, 1.82) is 0 Å². The smallest absolute Gasteiger partial charge is 0 e. The zero-order valence-electron chi connectivity index (χ0n) is 7.42. The standard InChI is InChI=1S/C9H17N.Y/c1-8-5-3-4-6-9(8)7-10-2;/h8-9H,1,3-7H2,2H3;/q-2;. The van der Waals surface area contributed by atoms with Crippen molar-refractivity contribution in [3.8, 4) is 0 Å². The maximum absolute atomic E-state index is 4.17. The van der Waals surface area contributed by atoms with Crippen molar-refractivity contribution >= 4 is 0 Å². The van der Waals surface area contributed by atoms with Gasteiger partial charge in [0.1, 0.15) is 0 Å². The molecule has 0 aromatic carbocycles. The average molecular weight is 228 g/mol. The predicted octanol–water partition coefficient (Wildman–Crippen LogP) is 2.63. The Morgan fingerprint density at radius 1 is 1.36 bits per heavy atom. The minimum atomic E-state index is 0. The summed E-state index contributed by atoms with van der Waals surface area (Å²) in [5.74, 6) is 1.47. The van der Waals surface area contributed by atoms with E-state index in [1.54, 1.807) is 0 Å².